The van der Waals surface area contributed by atoms with Gasteiger partial charge in [-0.3, -0.25) is 9.63 Å². The Balaban J connectivity index is 1.34. The summed E-state index contributed by atoms with van der Waals surface area (Å²) in [7, 11) is -2.89. The number of carbonyl (C=O) groups excluding carboxylic acids is 1. The number of amides is 1. The average Bonchev–Trinajstić information content (AvgIpc) is 3.63. The van der Waals surface area contributed by atoms with Gasteiger partial charge in [-0.25, -0.2) is 23.3 Å². The van der Waals surface area contributed by atoms with Crippen LogP contribution >= 0.6 is 15.9 Å². The molecule has 3 aromatic rings. The van der Waals surface area contributed by atoms with Gasteiger partial charge in [0.05, 0.1) is 41.2 Å². The van der Waals surface area contributed by atoms with Gasteiger partial charge in [0.25, 0.3) is 5.91 Å². The van der Waals surface area contributed by atoms with E-state index in [1.165, 1.54) is 0 Å². The molecule has 9 nitrogen and oxygen atoms in total. The van der Waals surface area contributed by atoms with E-state index in [2.05, 4.69) is 36.6 Å². The third kappa shape index (κ3) is 6.97. The Labute approximate surface area is 236 Å². The maximum atomic E-state index is 15.9. The Morgan fingerprint density at radius 1 is 1.18 bits per heavy atom. The molecule has 2 heterocycles. The Morgan fingerprint density at radius 2 is 1.92 bits per heavy atom. The topological polar surface area (TPSA) is 106 Å². The molecule has 39 heavy (non-hydrogen) atoms. The summed E-state index contributed by atoms with van der Waals surface area (Å²) >= 11 is 3.45. The predicted octanol–water partition coefficient (Wildman–Crippen LogP) is 4.57. The summed E-state index contributed by atoms with van der Waals surface area (Å²) in [6.07, 6.45) is 5.44. The SMILES string of the molecule is Cc1cc(Br)ccc1Nc1c(C(=O)NOCC2CC2)cc2c(ncn2CCCCN2CCS(=O)(=O)CC2)c1F. The molecule has 0 atom stereocenters. The van der Waals surface area contributed by atoms with Crippen molar-refractivity contribution in [3.8, 4) is 0 Å². The molecule has 2 N–H and O–H groups in total. The molecule has 0 radical (unpaired) electrons. The fourth-order valence-electron chi connectivity index (χ4n) is 4.70. The molecule has 2 aromatic carbocycles. The fraction of sp³-hybridized carbons (Fsp3) is 0.481. The number of fused-ring (bicyclic) bond motifs is 1. The standard InChI is InChI=1S/C27H33BrFN5O4S/c1-18-14-20(28)6-7-22(18)31-25-21(27(35)32-38-16-19-4-5-19)15-23-26(24(25)29)30-17-34(23)9-3-2-8-33-10-12-39(36,37)13-11-33/h6-7,14-15,17,19,31H,2-5,8-13,16H2,1H3,(H,32,35). The maximum Gasteiger partial charge on any atom is 0.277 e. The van der Waals surface area contributed by atoms with Crippen LogP contribution in [0.1, 0.15) is 41.6 Å². The first-order valence-electron chi connectivity index (χ1n) is 13.3. The van der Waals surface area contributed by atoms with Crippen LogP contribution in [-0.2, 0) is 21.2 Å². The van der Waals surface area contributed by atoms with Crippen LogP contribution in [0.2, 0.25) is 0 Å². The van der Waals surface area contributed by atoms with E-state index < -0.39 is 21.6 Å². The van der Waals surface area contributed by atoms with Gasteiger partial charge in [-0.15, -0.1) is 0 Å². The van der Waals surface area contributed by atoms with E-state index >= 15 is 4.39 Å². The highest BCUT2D eigenvalue weighted by Gasteiger charge is 2.25. The molecular formula is C27H33BrFN5O4S. The van der Waals surface area contributed by atoms with Crippen LogP contribution in [0.5, 0.6) is 0 Å². The van der Waals surface area contributed by atoms with Crippen molar-refractivity contribution in [2.75, 3.05) is 43.1 Å². The minimum atomic E-state index is -2.89. The normalized spacial score (nSPS) is 17.4. The van der Waals surface area contributed by atoms with Gasteiger partial charge in [0, 0.05) is 29.8 Å². The van der Waals surface area contributed by atoms with E-state index in [1.807, 2.05) is 29.7 Å². The molecule has 1 saturated heterocycles. The van der Waals surface area contributed by atoms with Gasteiger partial charge in [0.1, 0.15) is 5.52 Å². The molecule has 5 rings (SSSR count). The van der Waals surface area contributed by atoms with Crippen LogP contribution in [-0.4, -0.2) is 66.5 Å². The number of rotatable bonds is 11. The molecule has 1 saturated carbocycles. The van der Waals surface area contributed by atoms with E-state index in [4.69, 9.17) is 4.84 Å². The smallest absolute Gasteiger partial charge is 0.277 e. The lowest BCUT2D eigenvalue weighted by Crippen LogP contribution is -2.40. The summed E-state index contributed by atoms with van der Waals surface area (Å²) in [4.78, 5) is 25.1. The summed E-state index contributed by atoms with van der Waals surface area (Å²) in [5.41, 5.74) is 4.94. The van der Waals surface area contributed by atoms with Crippen LogP contribution in [0.3, 0.4) is 0 Å². The number of nitrogens with zero attached hydrogens (tertiary/aromatic N) is 3. The Kier molecular flexibility index (Phi) is 8.55. The molecule has 2 aliphatic rings. The number of carbonyl (C=O) groups is 1. The van der Waals surface area contributed by atoms with E-state index in [9.17, 15) is 13.2 Å². The van der Waals surface area contributed by atoms with Gasteiger partial charge >= 0.3 is 0 Å². The number of imidazole rings is 1. The van der Waals surface area contributed by atoms with Gasteiger partial charge in [0.2, 0.25) is 0 Å². The van der Waals surface area contributed by atoms with Crippen LogP contribution < -0.4 is 10.8 Å². The van der Waals surface area contributed by atoms with Crippen molar-refractivity contribution in [2.45, 2.75) is 39.2 Å². The van der Waals surface area contributed by atoms with Crippen molar-refractivity contribution >= 4 is 54.1 Å². The number of nitrogens with one attached hydrogen (secondary N) is 2. The maximum absolute atomic E-state index is 15.9. The number of sulfone groups is 1. The van der Waals surface area contributed by atoms with Crippen LogP contribution in [0, 0.1) is 18.7 Å². The Bertz CT molecular complexity index is 1460. The van der Waals surface area contributed by atoms with Crippen molar-refractivity contribution in [1.29, 1.82) is 0 Å². The first-order valence-corrected chi connectivity index (χ1v) is 15.9. The molecule has 0 unspecified atom stereocenters. The van der Waals surface area contributed by atoms with Gasteiger partial charge in [-0.05, 0) is 74.9 Å². The minimum Gasteiger partial charge on any atom is -0.352 e. The third-order valence-corrected chi connectivity index (χ3v) is 9.39. The molecule has 1 aliphatic heterocycles. The zero-order valence-electron chi connectivity index (χ0n) is 21.9. The number of benzene rings is 2. The second kappa shape index (κ2) is 11.9. The van der Waals surface area contributed by atoms with E-state index in [1.54, 1.807) is 12.4 Å². The number of halogens is 2. The molecule has 1 aliphatic carbocycles. The second-order valence-corrected chi connectivity index (χ2v) is 13.6. The highest BCUT2D eigenvalue weighted by atomic mass is 79.9. The predicted molar refractivity (Wildman–Crippen MR) is 152 cm³/mol. The van der Waals surface area contributed by atoms with Crippen molar-refractivity contribution in [1.82, 2.24) is 19.9 Å². The summed E-state index contributed by atoms with van der Waals surface area (Å²) in [5.74, 6) is -0.242. The van der Waals surface area contributed by atoms with Crippen molar-refractivity contribution in [2.24, 2.45) is 5.92 Å². The lowest BCUT2D eigenvalue weighted by atomic mass is 10.1. The summed E-state index contributed by atoms with van der Waals surface area (Å²) in [6.45, 7) is 4.88. The van der Waals surface area contributed by atoms with Crippen LogP contribution in [0.4, 0.5) is 15.8 Å². The fourth-order valence-corrected chi connectivity index (χ4v) is 6.45. The first kappa shape index (κ1) is 28.0. The third-order valence-electron chi connectivity index (χ3n) is 7.29. The van der Waals surface area contributed by atoms with Crippen LogP contribution in [0.25, 0.3) is 11.0 Å². The molecule has 0 bridgehead atoms. The molecule has 210 valence electrons. The van der Waals surface area contributed by atoms with Gasteiger partial charge < -0.3 is 14.8 Å². The number of hydrogen-bond acceptors (Lipinski definition) is 7. The number of aryl methyl sites for hydroxylation is 2. The highest BCUT2D eigenvalue weighted by molar-refractivity contribution is 9.10. The number of aromatic nitrogens is 2. The van der Waals surface area contributed by atoms with Gasteiger partial charge in [-0.2, -0.15) is 0 Å². The quantitative estimate of drug-likeness (QED) is 0.239. The van der Waals surface area contributed by atoms with E-state index in [0.29, 0.717) is 43.4 Å². The van der Waals surface area contributed by atoms with E-state index in [0.717, 1.165) is 42.3 Å². The first-order chi connectivity index (χ1) is 18.7. The van der Waals surface area contributed by atoms with Crippen molar-refractivity contribution in [3.05, 3.63) is 52.0 Å². The zero-order chi connectivity index (χ0) is 27.6. The van der Waals surface area contributed by atoms with Crippen molar-refractivity contribution in [3.63, 3.8) is 0 Å². The second-order valence-electron chi connectivity index (χ2n) is 10.4. The zero-order valence-corrected chi connectivity index (χ0v) is 24.3. The number of anilines is 2. The number of unbranched alkanes of at least 4 members (excludes halogenated alkanes) is 1. The molecule has 12 heteroatoms. The molecular weight excluding hydrogens is 589 g/mol. The summed E-state index contributed by atoms with van der Waals surface area (Å²) in [6, 6.07) is 7.24. The van der Waals surface area contributed by atoms with Gasteiger partial charge in [0.15, 0.2) is 15.7 Å². The Hall–Kier alpha value is -2.54. The summed E-state index contributed by atoms with van der Waals surface area (Å²) in [5, 5.41) is 3.11. The lowest BCUT2D eigenvalue weighted by Gasteiger charge is -2.26. The lowest BCUT2D eigenvalue weighted by molar-refractivity contribution is 0.0271. The number of hydrogen-bond donors (Lipinski definition) is 2. The monoisotopic (exact) mass is 621 g/mol. The number of hydroxylamine groups is 1. The molecule has 1 aromatic heterocycles. The molecule has 1 amide bonds. The minimum absolute atomic E-state index is 0.0470. The Morgan fingerprint density at radius 3 is 2.64 bits per heavy atom. The van der Waals surface area contributed by atoms with Crippen molar-refractivity contribution < 1.29 is 22.4 Å². The summed E-state index contributed by atoms with van der Waals surface area (Å²) < 4.78 is 42.0. The largest absolute Gasteiger partial charge is 0.352 e. The molecule has 2 fully saturated rings. The van der Waals surface area contributed by atoms with Crippen LogP contribution in [0.15, 0.2) is 35.1 Å². The van der Waals surface area contributed by atoms with E-state index in [-0.39, 0.29) is 28.3 Å². The average molecular weight is 623 g/mol. The van der Waals surface area contributed by atoms with Gasteiger partial charge in [-0.1, -0.05) is 15.9 Å². The highest BCUT2D eigenvalue weighted by Crippen LogP contribution is 2.33. The molecule has 0 spiro atoms.